The molecule has 1 saturated carbocycles. The summed E-state index contributed by atoms with van der Waals surface area (Å²) in [5.41, 5.74) is 2.54. The summed E-state index contributed by atoms with van der Waals surface area (Å²) in [4.78, 5) is 24.1. The van der Waals surface area contributed by atoms with Crippen LogP contribution in [0.15, 0.2) is 24.3 Å². The van der Waals surface area contributed by atoms with Crippen LogP contribution in [0.1, 0.15) is 43.7 Å². The summed E-state index contributed by atoms with van der Waals surface area (Å²) in [6.07, 6.45) is 1.59. The van der Waals surface area contributed by atoms with E-state index in [1.54, 1.807) is 0 Å². The van der Waals surface area contributed by atoms with Gasteiger partial charge in [0.1, 0.15) is 6.54 Å². The maximum Gasteiger partial charge on any atom is 0.413 e. The SMILES string of the molecule is COC(=O)NC(=O)C[NH+](Cc1ccc(C(C)C)cc1)C1CC1. The third-order valence-corrected chi connectivity index (χ3v) is 4.05. The first-order chi connectivity index (χ1) is 10.5. The minimum absolute atomic E-state index is 0.285. The topological polar surface area (TPSA) is 59.8 Å². The van der Waals surface area contributed by atoms with Crippen LogP contribution in [0.4, 0.5) is 4.79 Å². The van der Waals surface area contributed by atoms with Crippen LogP contribution in [0.3, 0.4) is 0 Å². The van der Waals surface area contributed by atoms with Crippen molar-refractivity contribution in [3.05, 3.63) is 35.4 Å². The Morgan fingerprint density at radius 1 is 1.27 bits per heavy atom. The molecule has 2 N–H and O–H groups in total. The fourth-order valence-corrected chi connectivity index (χ4v) is 2.54. The van der Waals surface area contributed by atoms with Crippen LogP contribution in [0.2, 0.25) is 0 Å². The van der Waals surface area contributed by atoms with E-state index < -0.39 is 6.09 Å². The van der Waals surface area contributed by atoms with Crippen molar-refractivity contribution in [2.24, 2.45) is 0 Å². The molecule has 5 nitrogen and oxygen atoms in total. The zero-order chi connectivity index (χ0) is 16.1. The van der Waals surface area contributed by atoms with Crippen LogP contribution in [-0.2, 0) is 16.1 Å². The molecule has 0 bridgehead atoms. The molecular weight excluding hydrogens is 280 g/mol. The van der Waals surface area contributed by atoms with Crippen LogP contribution >= 0.6 is 0 Å². The first-order valence-electron chi connectivity index (χ1n) is 7.80. The molecule has 22 heavy (non-hydrogen) atoms. The number of carbonyl (C=O) groups excluding carboxylic acids is 2. The summed E-state index contributed by atoms with van der Waals surface area (Å²) in [7, 11) is 1.25. The molecule has 0 heterocycles. The average molecular weight is 305 g/mol. The summed E-state index contributed by atoms with van der Waals surface area (Å²) in [5.74, 6) is 0.235. The fraction of sp³-hybridized carbons (Fsp3) is 0.529. The summed E-state index contributed by atoms with van der Waals surface area (Å²) >= 11 is 0. The number of benzene rings is 1. The Kier molecular flexibility index (Phi) is 5.55. The Hall–Kier alpha value is -1.88. The van der Waals surface area contributed by atoms with Gasteiger partial charge in [-0.05, 0) is 11.5 Å². The van der Waals surface area contributed by atoms with Crippen molar-refractivity contribution >= 4 is 12.0 Å². The predicted octanol–water partition coefficient (Wildman–Crippen LogP) is 1.24. The lowest BCUT2D eigenvalue weighted by atomic mass is 10.0. The molecule has 0 radical (unpaired) electrons. The quantitative estimate of drug-likeness (QED) is 0.831. The minimum atomic E-state index is -0.693. The van der Waals surface area contributed by atoms with Crippen molar-refractivity contribution < 1.29 is 19.2 Å². The molecule has 1 aromatic rings. The highest BCUT2D eigenvalue weighted by molar-refractivity contribution is 5.92. The lowest BCUT2D eigenvalue weighted by Crippen LogP contribution is -3.13. The van der Waals surface area contributed by atoms with Crippen LogP contribution in [0.25, 0.3) is 0 Å². The van der Waals surface area contributed by atoms with E-state index in [2.05, 4.69) is 48.2 Å². The minimum Gasteiger partial charge on any atom is -0.453 e. The molecule has 1 fully saturated rings. The third kappa shape index (κ3) is 4.84. The standard InChI is InChI=1S/C17H24N2O3/c1-12(2)14-6-4-13(5-7-14)10-19(15-8-9-15)11-16(20)18-17(21)22-3/h4-7,12,15H,8-11H2,1-3H3,(H,18,20,21)/p+1. The van der Waals surface area contributed by atoms with Gasteiger partial charge in [-0.2, -0.15) is 0 Å². The van der Waals surface area contributed by atoms with Gasteiger partial charge in [-0.15, -0.1) is 0 Å². The van der Waals surface area contributed by atoms with Crippen molar-refractivity contribution in [2.45, 2.75) is 45.2 Å². The van der Waals surface area contributed by atoms with E-state index in [9.17, 15) is 9.59 Å². The second-order valence-corrected chi connectivity index (χ2v) is 6.22. The number of nitrogens with one attached hydrogen (secondary N) is 2. The predicted molar refractivity (Wildman–Crippen MR) is 83.6 cm³/mol. The Morgan fingerprint density at radius 2 is 1.91 bits per heavy atom. The van der Waals surface area contributed by atoms with Gasteiger partial charge in [0.25, 0.3) is 5.91 Å². The van der Waals surface area contributed by atoms with Gasteiger partial charge >= 0.3 is 6.09 Å². The number of quaternary nitrogens is 1. The van der Waals surface area contributed by atoms with E-state index in [4.69, 9.17) is 0 Å². The Balaban J connectivity index is 1.94. The molecule has 2 amide bonds. The van der Waals surface area contributed by atoms with E-state index >= 15 is 0 Å². The van der Waals surface area contributed by atoms with Gasteiger partial charge in [0.15, 0.2) is 6.54 Å². The molecule has 2 rings (SSSR count). The first kappa shape index (κ1) is 16.5. The lowest BCUT2D eigenvalue weighted by molar-refractivity contribution is -0.917. The van der Waals surface area contributed by atoms with Crippen LogP contribution in [-0.4, -0.2) is 31.7 Å². The van der Waals surface area contributed by atoms with Crippen LogP contribution in [0, 0.1) is 0 Å². The van der Waals surface area contributed by atoms with E-state index in [1.165, 1.54) is 23.1 Å². The number of methoxy groups -OCH3 is 1. The molecule has 120 valence electrons. The van der Waals surface area contributed by atoms with Gasteiger partial charge in [-0.25, -0.2) is 4.79 Å². The highest BCUT2D eigenvalue weighted by atomic mass is 16.5. The van der Waals surface area contributed by atoms with Gasteiger partial charge in [0.05, 0.1) is 13.2 Å². The zero-order valence-electron chi connectivity index (χ0n) is 13.5. The maximum atomic E-state index is 11.9. The normalized spacial score (nSPS) is 15.5. The number of ether oxygens (including phenoxy) is 1. The van der Waals surface area contributed by atoms with Gasteiger partial charge in [0.2, 0.25) is 0 Å². The molecule has 1 unspecified atom stereocenters. The smallest absolute Gasteiger partial charge is 0.413 e. The molecule has 1 aromatic carbocycles. The van der Waals surface area contributed by atoms with Gasteiger partial charge < -0.3 is 9.64 Å². The highest BCUT2D eigenvalue weighted by Crippen LogP contribution is 2.17. The van der Waals surface area contributed by atoms with E-state index in [1.807, 2.05) is 0 Å². The molecule has 0 spiro atoms. The van der Waals surface area contributed by atoms with Gasteiger partial charge in [-0.3, -0.25) is 10.1 Å². The molecular formula is C17H25N2O3+. The zero-order valence-corrected chi connectivity index (χ0v) is 13.5. The van der Waals surface area contributed by atoms with Gasteiger partial charge in [-0.1, -0.05) is 38.1 Å². The third-order valence-electron chi connectivity index (χ3n) is 4.05. The number of hydrogen-bond acceptors (Lipinski definition) is 3. The molecule has 0 aromatic heterocycles. The second kappa shape index (κ2) is 7.40. The van der Waals surface area contributed by atoms with Crippen molar-refractivity contribution in [2.75, 3.05) is 13.7 Å². The van der Waals surface area contributed by atoms with Crippen LogP contribution in [0.5, 0.6) is 0 Å². The number of imide groups is 1. The molecule has 1 aliphatic carbocycles. The number of alkyl carbamates (subject to hydrolysis) is 1. The Morgan fingerprint density at radius 3 is 2.41 bits per heavy atom. The van der Waals surface area contributed by atoms with E-state index in [-0.39, 0.29) is 5.91 Å². The molecule has 5 heteroatoms. The summed E-state index contributed by atoms with van der Waals surface area (Å²) in [6, 6.07) is 9.09. The second-order valence-electron chi connectivity index (χ2n) is 6.22. The van der Waals surface area contributed by atoms with Gasteiger partial charge in [0, 0.05) is 18.4 Å². The Labute approximate surface area is 131 Å². The Bertz CT molecular complexity index is 521. The van der Waals surface area contributed by atoms with Crippen molar-refractivity contribution in [3.8, 4) is 0 Å². The van der Waals surface area contributed by atoms with E-state index in [0.29, 0.717) is 18.5 Å². The number of hydrogen-bond donors (Lipinski definition) is 2. The fourth-order valence-electron chi connectivity index (χ4n) is 2.54. The molecule has 1 atom stereocenters. The van der Waals surface area contributed by atoms with Crippen molar-refractivity contribution in [1.82, 2.24) is 5.32 Å². The van der Waals surface area contributed by atoms with Crippen molar-refractivity contribution in [1.29, 1.82) is 0 Å². The molecule has 0 saturated heterocycles. The van der Waals surface area contributed by atoms with Crippen LogP contribution < -0.4 is 10.2 Å². The largest absolute Gasteiger partial charge is 0.453 e. The highest BCUT2D eigenvalue weighted by Gasteiger charge is 2.34. The van der Waals surface area contributed by atoms with E-state index in [0.717, 1.165) is 19.4 Å². The summed E-state index contributed by atoms with van der Waals surface area (Å²) in [5, 5.41) is 2.23. The van der Waals surface area contributed by atoms with Crippen molar-refractivity contribution in [3.63, 3.8) is 0 Å². The number of carbonyl (C=O) groups is 2. The average Bonchev–Trinajstić information content (AvgIpc) is 3.31. The lowest BCUT2D eigenvalue weighted by Gasteiger charge is -2.18. The molecule has 0 aliphatic heterocycles. The monoisotopic (exact) mass is 305 g/mol. The first-order valence-corrected chi connectivity index (χ1v) is 7.80. The maximum absolute atomic E-state index is 11.9. The number of amides is 2. The summed E-state index contributed by atoms with van der Waals surface area (Å²) in [6.45, 7) is 5.45. The number of rotatable bonds is 6. The molecule has 1 aliphatic rings. The summed E-state index contributed by atoms with van der Waals surface area (Å²) < 4.78 is 4.45.